The molecule has 0 aromatic heterocycles. The minimum Gasteiger partial charge on any atom is -0.346 e. The van der Waals surface area contributed by atoms with Crippen LogP contribution in [0.25, 0.3) is 0 Å². The van der Waals surface area contributed by atoms with Crippen LogP contribution in [0.4, 0.5) is 8.78 Å². The molecular formula is C15H17F2N3O3S. The molecule has 0 unspecified atom stereocenters. The number of benzene rings is 1. The first-order chi connectivity index (χ1) is 11.3. The molecule has 1 saturated heterocycles. The number of hydrogen-bond acceptors (Lipinski definition) is 4. The maximum atomic E-state index is 12.6. The van der Waals surface area contributed by atoms with Crippen molar-refractivity contribution in [1.29, 1.82) is 5.26 Å². The Morgan fingerprint density at radius 2 is 2.04 bits per heavy atom. The topological polar surface area (TPSA) is 90.3 Å². The second kappa shape index (κ2) is 7.68. The Balaban J connectivity index is 2.12. The molecule has 0 radical (unpaired) electrons. The number of amides is 1. The van der Waals surface area contributed by atoms with Crippen LogP contribution in [0.2, 0.25) is 0 Å². The molecule has 1 aliphatic heterocycles. The number of nitrogens with one attached hydrogen (secondary N) is 1. The molecule has 1 fully saturated rings. The van der Waals surface area contributed by atoms with Gasteiger partial charge in [-0.3, -0.25) is 4.79 Å². The van der Waals surface area contributed by atoms with Crippen LogP contribution in [0.15, 0.2) is 29.2 Å². The lowest BCUT2D eigenvalue weighted by Gasteiger charge is -2.28. The van der Waals surface area contributed by atoms with Gasteiger partial charge in [0.2, 0.25) is 10.0 Å². The number of rotatable bonds is 5. The number of carbonyl (C=O) groups is 1. The molecule has 1 amide bonds. The van der Waals surface area contributed by atoms with Crippen molar-refractivity contribution in [2.45, 2.75) is 24.2 Å². The standard InChI is InChI=1S/C15H17F2N3O3S/c16-14(17)9-19-15(21)12-3-5-13(6-4-12)24(22,23)20-7-1-2-11(8-18)10-20/h3-6,11,14H,1-2,7,9-10H2,(H,19,21)/t11-/m0/s1. The van der Waals surface area contributed by atoms with Crippen LogP contribution in [0, 0.1) is 17.2 Å². The van der Waals surface area contributed by atoms with E-state index >= 15 is 0 Å². The van der Waals surface area contributed by atoms with E-state index in [1.807, 2.05) is 5.32 Å². The summed E-state index contributed by atoms with van der Waals surface area (Å²) in [6.45, 7) is -0.269. The number of piperidine rings is 1. The third kappa shape index (κ3) is 4.27. The molecule has 2 rings (SSSR count). The van der Waals surface area contributed by atoms with Crippen LogP contribution in [-0.2, 0) is 10.0 Å². The summed E-state index contributed by atoms with van der Waals surface area (Å²) in [4.78, 5) is 11.7. The van der Waals surface area contributed by atoms with Gasteiger partial charge in [-0.2, -0.15) is 9.57 Å². The van der Waals surface area contributed by atoms with Crippen LogP contribution < -0.4 is 5.32 Å². The van der Waals surface area contributed by atoms with Crippen molar-refractivity contribution in [1.82, 2.24) is 9.62 Å². The average molecular weight is 357 g/mol. The van der Waals surface area contributed by atoms with Crippen molar-refractivity contribution in [3.8, 4) is 6.07 Å². The van der Waals surface area contributed by atoms with Crippen LogP contribution in [0.5, 0.6) is 0 Å². The summed E-state index contributed by atoms with van der Waals surface area (Å²) in [6, 6.07) is 7.17. The Bertz CT molecular complexity index is 729. The SMILES string of the molecule is N#C[C@@H]1CCCN(S(=O)(=O)c2ccc(C(=O)NCC(F)F)cc2)C1. The van der Waals surface area contributed by atoms with Crippen molar-refractivity contribution in [2.24, 2.45) is 5.92 Å². The van der Waals surface area contributed by atoms with Gasteiger partial charge in [0.15, 0.2) is 0 Å². The van der Waals surface area contributed by atoms with E-state index in [1.54, 1.807) is 0 Å². The lowest BCUT2D eigenvalue weighted by atomic mass is 10.0. The van der Waals surface area contributed by atoms with Crippen molar-refractivity contribution >= 4 is 15.9 Å². The smallest absolute Gasteiger partial charge is 0.255 e. The predicted molar refractivity (Wildman–Crippen MR) is 81.9 cm³/mol. The summed E-state index contributed by atoms with van der Waals surface area (Å²) in [5.74, 6) is -1.02. The molecule has 1 aromatic carbocycles. The van der Waals surface area contributed by atoms with E-state index in [0.717, 1.165) is 0 Å². The molecule has 0 bridgehead atoms. The predicted octanol–water partition coefficient (Wildman–Crippen LogP) is 1.61. The first-order valence-electron chi connectivity index (χ1n) is 7.40. The summed E-state index contributed by atoms with van der Waals surface area (Å²) in [5.41, 5.74) is 0.100. The van der Waals surface area contributed by atoms with Crippen LogP contribution >= 0.6 is 0 Å². The second-order valence-electron chi connectivity index (χ2n) is 5.46. The monoisotopic (exact) mass is 357 g/mol. The third-order valence-corrected chi connectivity index (χ3v) is 5.62. The van der Waals surface area contributed by atoms with Gasteiger partial charge in [-0.1, -0.05) is 0 Å². The van der Waals surface area contributed by atoms with Crippen molar-refractivity contribution in [2.75, 3.05) is 19.6 Å². The number of carbonyl (C=O) groups excluding carboxylic acids is 1. The summed E-state index contributed by atoms with van der Waals surface area (Å²) >= 11 is 0. The molecule has 1 N–H and O–H groups in total. The number of nitrogens with zero attached hydrogens (tertiary/aromatic N) is 2. The van der Waals surface area contributed by atoms with Gasteiger partial charge in [0.05, 0.1) is 23.4 Å². The van der Waals surface area contributed by atoms with E-state index < -0.39 is 28.9 Å². The highest BCUT2D eigenvalue weighted by Crippen LogP contribution is 2.23. The lowest BCUT2D eigenvalue weighted by molar-refractivity contribution is 0.0891. The molecule has 24 heavy (non-hydrogen) atoms. The van der Waals surface area contributed by atoms with Gasteiger partial charge in [0, 0.05) is 18.7 Å². The van der Waals surface area contributed by atoms with E-state index in [4.69, 9.17) is 5.26 Å². The number of halogens is 2. The number of hydrogen-bond donors (Lipinski definition) is 1. The minimum absolute atomic E-state index is 0.00602. The Morgan fingerprint density at radius 1 is 1.38 bits per heavy atom. The Morgan fingerprint density at radius 3 is 2.62 bits per heavy atom. The Kier molecular flexibility index (Phi) is 5.85. The number of sulfonamides is 1. The fraction of sp³-hybridized carbons (Fsp3) is 0.467. The molecule has 0 saturated carbocycles. The van der Waals surface area contributed by atoms with E-state index in [9.17, 15) is 22.0 Å². The maximum absolute atomic E-state index is 12.6. The van der Waals surface area contributed by atoms with Gasteiger partial charge in [-0.25, -0.2) is 17.2 Å². The molecule has 1 aliphatic rings. The Hall–Kier alpha value is -2.05. The first kappa shape index (κ1) is 18.3. The number of alkyl halides is 2. The molecule has 0 aliphatic carbocycles. The maximum Gasteiger partial charge on any atom is 0.255 e. The van der Waals surface area contributed by atoms with Crippen molar-refractivity contribution in [3.63, 3.8) is 0 Å². The summed E-state index contributed by atoms with van der Waals surface area (Å²) in [6.07, 6.45) is -1.36. The molecule has 6 nitrogen and oxygen atoms in total. The van der Waals surface area contributed by atoms with Gasteiger partial charge >= 0.3 is 0 Å². The third-order valence-electron chi connectivity index (χ3n) is 3.74. The quantitative estimate of drug-likeness (QED) is 0.867. The van der Waals surface area contributed by atoms with E-state index in [2.05, 4.69) is 6.07 Å². The molecule has 1 atom stereocenters. The van der Waals surface area contributed by atoms with Gasteiger partial charge in [-0.15, -0.1) is 0 Å². The Labute approximate surface area is 139 Å². The van der Waals surface area contributed by atoms with Crippen LogP contribution in [-0.4, -0.2) is 44.7 Å². The zero-order valence-corrected chi connectivity index (χ0v) is 13.6. The second-order valence-corrected chi connectivity index (χ2v) is 7.39. The van der Waals surface area contributed by atoms with E-state index in [0.29, 0.717) is 19.4 Å². The highest BCUT2D eigenvalue weighted by atomic mass is 32.2. The summed E-state index contributed by atoms with van der Waals surface area (Å²) < 4.78 is 50.5. The molecule has 0 spiro atoms. The fourth-order valence-corrected chi connectivity index (χ4v) is 3.99. The van der Waals surface area contributed by atoms with E-state index in [1.165, 1.54) is 28.6 Å². The summed E-state index contributed by atoms with van der Waals surface area (Å²) in [7, 11) is -3.74. The number of nitriles is 1. The van der Waals surface area contributed by atoms with Crippen molar-refractivity contribution in [3.05, 3.63) is 29.8 Å². The summed E-state index contributed by atoms with van der Waals surface area (Å²) in [5, 5.41) is 11.0. The van der Waals surface area contributed by atoms with Gasteiger partial charge in [-0.05, 0) is 37.1 Å². The molecular weight excluding hydrogens is 340 g/mol. The van der Waals surface area contributed by atoms with Gasteiger partial charge in [0.25, 0.3) is 12.3 Å². The highest BCUT2D eigenvalue weighted by Gasteiger charge is 2.30. The highest BCUT2D eigenvalue weighted by molar-refractivity contribution is 7.89. The van der Waals surface area contributed by atoms with Crippen LogP contribution in [0.1, 0.15) is 23.2 Å². The zero-order chi connectivity index (χ0) is 17.7. The van der Waals surface area contributed by atoms with Crippen LogP contribution in [0.3, 0.4) is 0 Å². The zero-order valence-electron chi connectivity index (χ0n) is 12.8. The first-order valence-corrected chi connectivity index (χ1v) is 8.85. The molecule has 1 heterocycles. The average Bonchev–Trinajstić information content (AvgIpc) is 2.59. The lowest BCUT2D eigenvalue weighted by Crippen LogP contribution is -2.39. The normalized spacial score (nSPS) is 19.0. The minimum atomic E-state index is -3.74. The van der Waals surface area contributed by atoms with E-state index in [-0.39, 0.29) is 22.9 Å². The fourth-order valence-electron chi connectivity index (χ4n) is 2.47. The van der Waals surface area contributed by atoms with Gasteiger partial charge < -0.3 is 5.32 Å². The van der Waals surface area contributed by atoms with Gasteiger partial charge in [0.1, 0.15) is 0 Å². The molecule has 1 aromatic rings. The molecule has 130 valence electrons. The van der Waals surface area contributed by atoms with Crippen molar-refractivity contribution < 1.29 is 22.0 Å². The molecule has 9 heteroatoms. The largest absolute Gasteiger partial charge is 0.346 e.